The van der Waals surface area contributed by atoms with Crippen molar-refractivity contribution in [1.29, 1.82) is 0 Å². The number of hydrogen-bond acceptors (Lipinski definition) is 4. The molecule has 3 aromatic rings. The predicted molar refractivity (Wildman–Crippen MR) is 87.5 cm³/mol. The summed E-state index contributed by atoms with van der Waals surface area (Å²) in [6, 6.07) is 9.66. The minimum absolute atomic E-state index is 0.0347. The standard InChI is InChI=1S/C16H18N6O/c23-16-19-13-4-1-2-5-14(13)22(16)12-20-8-10-21(11-9-20)15-17-6-3-7-18-15/h1-7H,8-12H2,(H,19,23)/p+1. The molecule has 1 aliphatic rings. The van der Waals surface area contributed by atoms with Gasteiger partial charge in [0.2, 0.25) is 5.95 Å². The highest BCUT2D eigenvalue weighted by atomic mass is 16.1. The molecule has 0 bridgehead atoms. The molecule has 0 amide bonds. The topological polar surface area (TPSA) is 71.2 Å². The maximum Gasteiger partial charge on any atom is 0.330 e. The average molecular weight is 311 g/mol. The number of nitrogens with one attached hydrogen (secondary N) is 2. The van der Waals surface area contributed by atoms with Gasteiger partial charge in [-0.25, -0.2) is 19.3 Å². The summed E-state index contributed by atoms with van der Waals surface area (Å²) in [7, 11) is 0. The van der Waals surface area contributed by atoms with E-state index in [0.29, 0.717) is 6.67 Å². The van der Waals surface area contributed by atoms with E-state index >= 15 is 0 Å². The minimum atomic E-state index is -0.0347. The van der Waals surface area contributed by atoms with Crippen LogP contribution in [0, 0.1) is 0 Å². The summed E-state index contributed by atoms with van der Waals surface area (Å²) in [6.45, 7) is 4.41. The zero-order valence-electron chi connectivity index (χ0n) is 12.8. The molecule has 1 aromatic carbocycles. The Balaban J connectivity index is 1.47. The zero-order valence-corrected chi connectivity index (χ0v) is 12.8. The lowest BCUT2D eigenvalue weighted by atomic mass is 10.3. The molecule has 4 rings (SSSR count). The van der Waals surface area contributed by atoms with Gasteiger partial charge in [0.25, 0.3) is 0 Å². The normalized spacial score (nSPS) is 16.1. The highest BCUT2D eigenvalue weighted by Crippen LogP contribution is 2.08. The number of H-pyrrole nitrogens is 1. The number of quaternary nitrogens is 1. The first-order valence-electron chi connectivity index (χ1n) is 7.84. The number of aromatic nitrogens is 4. The molecule has 0 saturated carbocycles. The monoisotopic (exact) mass is 311 g/mol. The van der Waals surface area contributed by atoms with Crippen LogP contribution in [0.2, 0.25) is 0 Å². The zero-order chi connectivity index (χ0) is 15.6. The second-order valence-corrected chi connectivity index (χ2v) is 5.82. The molecule has 0 unspecified atom stereocenters. The Hall–Kier alpha value is -2.67. The van der Waals surface area contributed by atoms with Crippen molar-refractivity contribution in [3.05, 3.63) is 53.2 Å². The molecule has 23 heavy (non-hydrogen) atoms. The average Bonchev–Trinajstić information content (AvgIpc) is 2.92. The molecule has 0 radical (unpaired) electrons. The Labute approximate surface area is 133 Å². The lowest BCUT2D eigenvalue weighted by molar-refractivity contribution is -0.923. The minimum Gasteiger partial charge on any atom is -0.330 e. The summed E-state index contributed by atoms with van der Waals surface area (Å²) in [5.41, 5.74) is 1.83. The second kappa shape index (κ2) is 5.85. The fraction of sp³-hybridized carbons (Fsp3) is 0.312. The van der Waals surface area contributed by atoms with Gasteiger partial charge in [0.05, 0.1) is 37.2 Å². The van der Waals surface area contributed by atoms with Crippen molar-refractivity contribution < 1.29 is 4.90 Å². The van der Waals surface area contributed by atoms with Crippen molar-refractivity contribution in [3.8, 4) is 0 Å². The van der Waals surface area contributed by atoms with E-state index in [4.69, 9.17) is 0 Å². The number of fused-ring (bicyclic) bond motifs is 1. The summed E-state index contributed by atoms with van der Waals surface area (Å²) in [6.07, 6.45) is 3.54. The molecule has 0 aliphatic carbocycles. The summed E-state index contributed by atoms with van der Waals surface area (Å²) in [5, 5.41) is 0. The first-order chi connectivity index (χ1) is 11.3. The largest absolute Gasteiger partial charge is 0.330 e. The Morgan fingerprint density at radius 1 is 1.09 bits per heavy atom. The number of aromatic amines is 1. The van der Waals surface area contributed by atoms with E-state index in [2.05, 4.69) is 19.9 Å². The molecule has 2 aromatic heterocycles. The molecule has 1 fully saturated rings. The van der Waals surface area contributed by atoms with Crippen molar-refractivity contribution in [2.24, 2.45) is 0 Å². The van der Waals surface area contributed by atoms with Crippen LogP contribution in [-0.4, -0.2) is 45.7 Å². The molecule has 3 heterocycles. The predicted octanol–water partition coefficient (Wildman–Crippen LogP) is -0.518. The van der Waals surface area contributed by atoms with Gasteiger partial charge in [0, 0.05) is 12.4 Å². The Morgan fingerprint density at radius 2 is 1.83 bits per heavy atom. The number of hydrogen-bond donors (Lipinski definition) is 2. The van der Waals surface area contributed by atoms with Crippen LogP contribution < -0.4 is 15.5 Å². The molecule has 2 N–H and O–H groups in total. The molecule has 118 valence electrons. The van der Waals surface area contributed by atoms with Gasteiger partial charge in [-0.05, 0) is 18.2 Å². The van der Waals surface area contributed by atoms with Gasteiger partial charge in [0.1, 0.15) is 0 Å². The van der Waals surface area contributed by atoms with Crippen LogP contribution in [0.5, 0.6) is 0 Å². The van der Waals surface area contributed by atoms with Gasteiger partial charge < -0.3 is 14.8 Å². The van der Waals surface area contributed by atoms with Crippen LogP contribution in [-0.2, 0) is 6.67 Å². The Morgan fingerprint density at radius 3 is 2.61 bits per heavy atom. The maximum atomic E-state index is 12.2. The third-order valence-corrected chi connectivity index (χ3v) is 4.37. The SMILES string of the molecule is O=c1[nH]c2ccccc2n1C[NH+]1CCN(c2ncccn2)CC1. The molecule has 7 nitrogen and oxygen atoms in total. The van der Waals surface area contributed by atoms with Crippen molar-refractivity contribution in [2.45, 2.75) is 6.67 Å². The van der Waals surface area contributed by atoms with Gasteiger partial charge in [0.15, 0.2) is 6.67 Å². The second-order valence-electron chi connectivity index (χ2n) is 5.82. The fourth-order valence-electron chi connectivity index (χ4n) is 3.12. The van der Waals surface area contributed by atoms with Gasteiger partial charge in [-0.1, -0.05) is 12.1 Å². The summed E-state index contributed by atoms with van der Waals surface area (Å²) in [4.78, 5) is 27.3. The van der Waals surface area contributed by atoms with Gasteiger partial charge >= 0.3 is 5.69 Å². The number of rotatable bonds is 3. The number of nitrogens with zero attached hydrogens (tertiary/aromatic N) is 4. The number of piperazine rings is 1. The molecule has 0 atom stereocenters. The molecule has 7 heteroatoms. The van der Waals surface area contributed by atoms with E-state index in [-0.39, 0.29) is 5.69 Å². The highest BCUT2D eigenvalue weighted by Gasteiger charge is 2.22. The van der Waals surface area contributed by atoms with Crippen LogP contribution in [0.25, 0.3) is 11.0 Å². The van der Waals surface area contributed by atoms with E-state index in [1.165, 1.54) is 4.90 Å². The van der Waals surface area contributed by atoms with E-state index in [1.54, 1.807) is 12.4 Å². The van der Waals surface area contributed by atoms with Gasteiger partial charge in [-0.2, -0.15) is 0 Å². The fourth-order valence-corrected chi connectivity index (χ4v) is 3.12. The molecule has 1 saturated heterocycles. The summed E-state index contributed by atoms with van der Waals surface area (Å²) < 4.78 is 1.83. The lowest BCUT2D eigenvalue weighted by Gasteiger charge is -2.32. The summed E-state index contributed by atoms with van der Waals surface area (Å²) in [5.74, 6) is 0.788. The van der Waals surface area contributed by atoms with Crippen LogP contribution in [0.3, 0.4) is 0 Å². The maximum absolute atomic E-state index is 12.2. The van der Waals surface area contributed by atoms with E-state index in [0.717, 1.165) is 43.2 Å². The van der Waals surface area contributed by atoms with E-state index in [9.17, 15) is 4.79 Å². The lowest BCUT2D eigenvalue weighted by Crippen LogP contribution is -3.14. The number of anilines is 1. The Kier molecular flexibility index (Phi) is 3.55. The summed E-state index contributed by atoms with van der Waals surface area (Å²) >= 11 is 0. The Bertz CT molecular complexity index is 848. The molecule has 1 aliphatic heterocycles. The van der Waals surface area contributed by atoms with E-state index in [1.807, 2.05) is 34.9 Å². The van der Waals surface area contributed by atoms with Crippen molar-refractivity contribution in [3.63, 3.8) is 0 Å². The third-order valence-electron chi connectivity index (χ3n) is 4.37. The first kappa shape index (κ1) is 14.0. The molecular formula is C16H19N6O+. The van der Waals surface area contributed by atoms with Crippen molar-refractivity contribution in [1.82, 2.24) is 19.5 Å². The van der Waals surface area contributed by atoms with Crippen LogP contribution >= 0.6 is 0 Å². The quantitative estimate of drug-likeness (QED) is 0.683. The smallest absolute Gasteiger partial charge is 0.330 e. The van der Waals surface area contributed by atoms with Crippen molar-refractivity contribution >= 4 is 17.0 Å². The number of para-hydroxylation sites is 2. The van der Waals surface area contributed by atoms with Gasteiger partial charge in [-0.3, -0.25) is 0 Å². The van der Waals surface area contributed by atoms with Crippen LogP contribution in [0.15, 0.2) is 47.5 Å². The third kappa shape index (κ3) is 2.70. The first-order valence-corrected chi connectivity index (χ1v) is 7.84. The van der Waals surface area contributed by atoms with Gasteiger partial charge in [-0.15, -0.1) is 0 Å². The molecule has 0 spiro atoms. The van der Waals surface area contributed by atoms with Crippen molar-refractivity contribution in [2.75, 3.05) is 31.1 Å². The van der Waals surface area contributed by atoms with E-state index < -0.39 is 0 Å². The highest BCUT2D eigenvalue weighted by molar-refractivity contribution is 5.74. The van der Waals surface area contributed by atoms with Crippen LogP contribution in [0.1, 0.15) is 0 Å². The molecular weight excluding hydrogens is 292 g/mol. The number of benzene rings is 1. The number of imidazole rings is 1. The van der Waals surface area contributed by atoms with Crippen LogP contribution in [0.4, 0.5) is 5.95 Å².